The van der Waals surface area contributed by atoms with Crippen LogP contribution < -0.4 is 5.73 Å². The average Bonchev–Trinajstić information content (AvgIpc) is 2.26. The molecule has 1 saturated carbocycles. The summed E-state index contributed by atoms with van der Waals surface area (Å²) in [6, 6.07) is 0. The van der Waals surface area contributed by atoms with E-state index in [1.54, 1.807) is 0 Å². The lowest BCUT2D eigenvalue weighted by Gasteiger charge is -2.35. The molecule has 2 fully saturated rings. The number of rotatable bonds is 3. The molecule has 0 amide bonds. The molecule has 1 heterocycles. The second-order valence-corrected chi connectivity index (χ2v) is 8.31. The predicted molar refractivity (Wildman–Crippen MR) is 70.6 cm³/mol. The molecule has 0 aromatic heterocycles. The second-order valence-electron chi connectivity index (χ2n) is 6.08. The highest BCUT2D eigenvalue weighted by Gasteiger charge is 2.30. The number of nitrogens with two attached hydrogens (primary N) is 1. The van der Waals surface area contributed by atoms with Gasteiger partial charge in [0, 0.05) is 5.54 Å². The lowest BCUT2D eigenvalue weighted by molar-refractivity contribution is 0.255. The number of hydrogen-bond acceptors (Lipinski definition) is 3. The Bertz CT molecular complexity index is 344. The average molecular weight is 259 g/mol. The molecule has 100 valence electrons. The molecule has 0 radical (unpaired) electrons. The summed E-state index contributed by atoms with van der Waals surface area (Å²) in [7, 11) is -2.75. The van der Waals surface area contributed by atoms with E-state index in [1.165, 1.54) is 19.3 Å². The molecule has 1 atom stereocenters. The zero-order valence-corrected chi connectivity index (χ0v) is 11.5. The lowest BCUT2D eigenvalue weighted by Crippen LogP contribution is -2.42. The van der Waals surface area contributed by atoms with E-state index in [9.17, 15) is 8.42 Å². The van der Waals surface area contributed by atoms with Gasteiger partial charge in [-0.1, -0.05) is 19.3 Å². The molecule has 0 aromatic carbocycles. The van der Waals surface area contributed by atoms with E-state index in [-0.39, 0.29) is 5.54 Å². The largest absolute Gasteiger partial charge is 0.325 e. The molecule has 1 aliphatic heterocycles. The molecule has 4 heteroatoms. The molecule has 1 aliphatic carbocycles. The van der Waals surface area contributed by atoms with Crippen LogP contribution in [0.2, 0.25) is 0 Å². The first-order chi connectivity index (χ1) is 7.99. The van der Waals surface area contributed by atoms with Crippen LogP contribution in [0, 0.1) is 5.92 Å². The van der Waals surface area contributed by atoms with E-state index < -0.39 is 9.84 Å². The van der Waals surface area contributed by atoms with Gasteiger partial charge in [-0.2, -0.15) is 0 Å². The minimum absolute atomic E-state index is 0.0134. The first kappa shape index (κ1) is 13.3. The fraction of sp³-hybridized carbons (Fsp3) is 1.00. The van der Waals surface area contributed by atoms with Crippen molar-refractivity contribution in [1.29, 1.82) is 0 Å². The maximum Gasteiger partial charge on any atom is 0.150 e. The van der Waals surface area contributed by atoms with Gasteiger partial charge in [0.25, 0.3) is 0 Å². The molecule has 0 bridgehead atoms. The second kappa shape index (κ2) is 5.27. The van der Waals surface area contributed by atoms with E-state index >= 15 is 0 Å². The summed E-state index contributed by atoms with van der Waals surface area (Å²) in [4.78, 5) is 0. The van der Waals surface area contributed by atoms with Crippen molar-refractivity contribution in [2.24, 2.45) is 11.7 Å². The molecule has 0 aromatic rings. The van der Waals surface area contributed by atoms with Crippen molar-refractivity contribution in [2.75, 3.05) is 11.5 Å². The van der Waals surface area contributed by atoms with E-state index in [4.69, 9.17) is 5.73 Å². The van der Waals surface area contributed by atoms with Gasteiger partial charge in [0.15, 0.2) is 9.84 Å². The summed E-state index contributed by atoms with van der Waals surface area (Å²) < 4.78 is 23.1. The highest BCUT2D eigenvalue weighted by atomic mass is 32.2. The van der Waals surface area contributed by atoms with E-state index in [0.29, 0.717) is 17.4 Å². The zero-order valence-electron chi connectivity index (χ0n) is 10.7. The Kier molecular flexibility index (Phi) is 4.14. The van der Waals surface area contributed by atoms with Crippen LogP contribution in [0.1, 0.15) is 57.8 Å². The highest BCUT2D eigenvalue weighted by molar-refractivity contribution is 7.91. The Hall–Kier alpha value is -0.0900. The van der Waals surface area contributed by atoms with Crippen molar-refractivity contribution in [3.8, 4) is 0 Å². The van der Waals surface area contributed by atoms with Crippen molar-refractivity contribution >= 4 is 9.84 Å². The van der Waals surface area contributed by atoms with Crippen LogP contribution in [-0.4, -0.2) is 25.5 Å². The van der Waals surface area contributed by atoms with Crippen molar-refractivity contribution in [3.05, 3.63) is 0 Å². The van der Waals surface area contributed by atoms with Gasteiger partial charge in [0.05, 0.1) is 11.5 Å². The summed E-state index contributed by atoms with van der Waals surface area (Å²) in [5, 5.41) is 0. The summed E-state index contributed by atoms with van der Waals surface area (Å²) in [5.41, 5.74) is 6.41. The maximum absolute atomic E-state index is 11.6. The van der Waals surface area contributed by atoms with E-state index in [1.807, 2.05) is 0 Å². The standard InChI is InChI=1S/C13H25NO2S/c14-13(7-2-1-3-8-13)9-6-12-5-4-10-17(15,16)11-12/h12H,1-11,14H2. The van der Waals surface area contributed by atoms with Crippen LogP contribution in [0.15, 0.2) is 0 Å². The topological polar surface area (TPSA) is 60.2 Å². The van der Waals surface area contributed by atoms with Gasteiger partial charge < -0.3 is 5.73 Å². The monoisotopic (exact) mass is 259 g/mol. The van der Waals surface area contributed by atoms with Gasteiger partial charge in [0.2, 0.25) is 0 Å². The summed E-state index contributed by atoms with van der Waals surface area (Å²) in [5.74, 6) is 1.18. The lowest BCUT2D eigenvalue weighted by atomic mass is 9.78. The molecular weight excluding hydrogens is 234 g/mol. The van der Waals surface area contributed by atoms with Crippen LogP contribution in [-0.2, 0) is 9.84 Å². The van der Waals surface area contributed by atoms with E-state index in [2.05, 4.69) is 0 Å². The summed E-state index contributed by atoms with van der Waals surface area (Å²) in [6.45, 7) is 0. The summed E-state index contributed by atoms with van der Waals surface area (Å²) in [6.07, 6.45) is 10.0. The maximum atomic E-state index is 11.6. The van der Waals surface area contributed by atoms with Crippen LogP contribution in [0.25, 0.3) is 0 Å². The highest BCUT2D eigenvalue weighted by Crippen LogP contribution is 2.32. The number of sulfone groups is 1. The minimum atomic E-state index is -2.75. The van der Waals surface area contributed by atoms with Crippen molar-refractivity contribution in [2.45, 2.75) is 63.3 Å². The Morgan fingerprint density at radius 3 is 2.47 bits per heavy atom. The normalized spacial score (nSPS) is 32.2. The molecule has 2 aliphatic rings. The zero-order chi connectivity index (χ0) is 12.4. The first-order valence-electron chi connectivity index (χ1n) is 6.98. The fourth-order valence-corrected chi connectivity index (χ4v) is 5.17. The van der Waals surface area contributed by atoms with Gasteiger partial charge in [-0.3, -0.25) is 0 Å². The number of hydrogen-bond donors (Lipinski definition) is 1. The third kappa shape index (κ3) is 3.95. The molecule has 2 rings (SSSR count). The van der Waals surface area contributed by atoms with Crippen LogP contribution in [0.5, 0.6) is 0 Å². The van der Waals surface area contributed by atoms with Crippen LogP contribution in [0.4, 0.5) is 0 Å². The molecule has 3 nitrogen and oxygen atoms in total. The van der Waals surface area contributed by atoms with Crippen LogP contribution >= 0.6 is 0 Å². The van der Waals surface area contributed by atoms with Crippen LogP contribution in [0.3, 0.4) is 0 Å². The predicted octanol–water partition coefficient (Wildman–Crippen LogP) is 2.25. The molecule has 2 N–H and O–H groups in total. The van der Waals surface area contributed by atoms with Crippen molar-refractivity contribution < 1.29 is 8.42 Å². The Balaban J connectivity index is 1.81. The molecule has 17 heavy (non-hydrogen) atoms. The quantitative estimate of drug-likeness (QED) is 0.845. The van der Waals surface area contributed by atoms with Crippen molar-refractivity contribution in [3.63, 3.8) is 0 Å². The SMILES string of the molecule is NC1(CCC2CCCS(=O)(=O)C2)CCCCC1. The van der Waals surface area contributed by atoms with Crippen molar-refractivity contribution in [1.82, 2.24) is 0 Å². The Morgan fingerprint density at radius 1 is 1.12 bits per heavy atom. The third-order valence-electron chi connectivity index (χ3n) is 4.46. The smallest absolute Gasteiger partial charge is 0.150 e. The molecule has 0 spiro atoms. The van der Waals surface area contributed by atoms with E-state index in [0.717, 1.165) is 38.5 Å². The molecular formula is C13H25NO2S. The molecule has 1 saturated heterocycles. The summed E-state index contributed by atoms with van der Waals surface area (Å²) >= 11 is 0. The van der Waals surface area contributed by atoms with Gasteiger partial charge in [-0.05, 0) is 44.4 Å². The van der Waals surface area contributed by atoms with Gasteiger partial charge >= 0.3 is 0 Å². The van der Waals surface area contributed by atoms with Gasteiger partial charge in [0.1, 0.15) is 0 Å². The Morgan fingerprint density at radius 2 is 1.82 bits per heavy atom. The minimum Gasteiger partial charge on any atom is -0.325 e. The fourth-order valence-electron chi connectivity index (χ4n) is 3.34. The Labute approximate surface area is 105 Å². The van der Waals surface area contributed by atoms with Gasteiger partial charge in [-0.25, -0.2) is 8.42 Å². The first-order valence-corrected chi connectivity index (χ1v) is 8.81. The third-order valence-corrected chi connectivity index (χ3v) is 6.35. The molecule has 1 unspecified atom stereocenters. The van der Waals surface area contributed by atoms with Gasteiger partial charge in [-0.15, -0.1) is 0 Å².